The van der Waals surface area contributed by atoms with Gasteiger partial charge in [-0.15, -0.1) is 0 Å². The fraction of sp³-hybridized carbons (Fsp3) is 1.00. The van der Waals surface area contributed by atoms with E-state index in [1.54, 1.807) is 0 Å². The second kappa shape index (κ2) is 4.73. The van der Waals surface area contributed by atoms with E-state index in [1.165, 1.54) is 32.2 Å². The van der Waals surface area contributed by atoms with Gasteiger partial charge in [-0.3, -0.25) is 4.90 Å². The first kappa shape index (κ1) is 9.01. The summed E-state index contributed by atoms with van der Waals surface area (Å²) < 4.78 is 0. The summed E-state index contributed by atoms with van der Waals surface area (Å²) in [5.41, 5.74) is 5.53. The molecule has 0 bridgehead atoms. The van der Waals surface area contributed by atoms with Crippen molar-refractivity contribution in [1.29, 1.82) is 0 Å². The van der Waals surface area contributed by atoms with Gasteiger partial charge in [-0.25, -0.2) is 0 Å². The molecule has 1 fully saturated rings. The van der Waals surface area contributed by atoms with Crippen LogP contribution in [0.15, 0.2) is 0 Å². The Labute approximate surface area is 69.8 Å². The predicted molar refractivity (Wildman–Crippen MR) is 48.6 cm³/mol. The Morgan fingerprint density at radius 1 is 1.45 bits per heavy atom. The molecule has 2 nitrogen and oxygen atoms in total. The van der Waals surface area contributed by atoms with Crippen LogP contribution in [0.25, 0.3) is 0 Å². The van der Waals surface area contributed by atoms with Crippen molar-refractivity contribution in [3.63, 3.8) is 0 Å². The molecule has 0 aromatic rings. The molecule has 0 aromatic heterocycles. The van der Waals surface area contributed by atoms with Crippen LogP contribution in [0.1, 0.15) is 32.6 Å². The minimum Gasteiger partial charge on any atom is -0.329 e. The van der Waals surface area contributed by atoms with E-state index in [0.29, 0.717) is 0 Å². The highest BCUT2D eigenvalue weighted by molar-refractivity contribution is 4.75. The van der Waals surface area contributed by atoms with Crippen LogP contribution in [0.2, 0.25) is 0 Å². The molecule has 0 saturated carbocycles. The summed E-state index contributed by atoms with van der Waals surface area (Å²) in [5, 5.41) is 0. The van der Waals surface area contributed by atoms with E-state index >= 15 is 0 Å². The van der Waals surface area contributed by atoms with Crippen molar-refractivity contribution in [1.82, 2.24) is 4.90 Å². The highest BCUT2D eigenvalue weighted by Gasteiger charge is 2.18. The lowest BCUT2D eigenvalue weighted by molar-refractivity contribution is 0.148. The number of nitrogens with zero attached hydrogens (tertiary/aromatic N) is 1. The number of piperidine rings is 1. The number of nitrogens with two attached hydrogens (primary N) is 1. The fourth-order valence-corrected chi connectivity index (χ4v) is 1.98. The van der Waals surface area contributed by atoms with Gasteiger partial charge >= 0.3 is 0 Å². The number of hydrogen-bond acceptors (Lipinski definition) is 2. The molecule has 2 N–H and O–H groups in total. The normalized spacial score (nSPS) is 27.3. The van der Waals surface area contributed by atoms with Crippen molar-refractivity contribution in [3.8, 4) is 0 Å². The van der Waals surface area contributed by atoms with Crippen molar-refractivity contribution in [2.24, 2.45) is 5.73 Å². The molecule has 1 rings (SSSR count). The highest BCUT2D eigenvalue weighted by atomic mass is 15.2. The molecule has 11 heavy (non-hydrogen) atoms. The number of likely N-dealkylation sites (tertiary alicyclic amines) is 1. The Hall–Kier alpha value is -0.0800. The molecule has 2 heteroatoms. The molecule has 1 aliphatic heterocycles. The second-order valence-electron chi connectivity index (χ2n) is 3.38. The lowest BCUT2D eigenvalue weighted by Crippen LogP contribution is -2.41. The standard InChI is InChI=1S/C9H20N2/c1-2-9-5-3-4-7-11(9)8-6-10/h9H,2-8,10H2,1H3. The topological polar surface area (TPSA) is 29.3 Å². The Balaban J connectivity index is 2.31. The van der Waals surface area contributed by atoms with Crippen molar-refractivity contribution in [2.45, 2.75) is 38.6 Å². The van der Waals surface area contributed by atoms with Gasteiger partial charge in [0.05, 0.1) is 0 Å². The summed E-state index contributed by atoms with van der Waals surface area (Å²) in [4.78, 5) is 2.55. The fourth-order valence-electron chi connectivity index (χ4n) is 1.98. The van der Waals surface area contributed by atoms with Crippen molar-refractivity contribution < 1.29 is 0 Å². The maximum atomic E-state index is 5.53. The number of hydrogen-bond donors (Lipinski definition) is 1. The average Bonchev–Trinajstić information content (AvgIpc) is 2.06. The van der Waals surface area contributed by atoms with Gasteiger partial charge in [-0.05, 0) is 25.8 Å². The van der Waals surface area contributed by atoms with Gasteiger partial charge in [0.1, 0.15) is 0 Å². The third-order valence-corrected chi connectivity index (χ3v) is 2.64. The molecule has 1 unspecified atom stereocenters. The maximum Gasteiger partial charge on any atom is 0.0108 e. The molecule has 1 aliphatic rings. The maximum absolute atomic E-state index is 5.53. The highest BCUT2D eigenvalue weighted by Crippen LogP contribution is 2.18. The molecule has 1 heterocycles. The van der Waals surface area contributed by atoms with E-state index in [1.807, 2.05) is 0 Å². The molecule has 0 amide bonds. The Bertz CT molecular complexity index is 102. The van der Waals surface area contributed by atoms with Gasteiger partial charge in [0.15, 0.2) is 0 Å². The Morgan fingerprint density at radius 3 is 2.91 bits per heavy atom. The Morgan fingerprint density at radius 2 is 2.27 bits per heavy atom. The van der Waals surface area contributed by atoms with Crippen molar-refractivity contribution >= 4 is 0 Å². The van der Waals surface area contributed by atoms with Gasteiger partial charge < -0.3 is 5.73 Å². The summed E-state index contributed by atoms with van der Waals surface area (Å²) in [6.45, 7) is 5.46. The van der Waals surface area contributed by atoms with E-state index in [9.17, 15) is 0 Å². The van der Waals surface area contributed by atoms with E-state index < -0.39 is 0 Å². The SMILES string of the molecule is CCC1CCCCN1CCN. The first-order chi connectivity index (χ1) is 5.38. The minimum atomic E-state index is 0.816. The van der Waals surface area contributed by atoms with Crippen LogP contribution in [-0.4, -0.2) is 30.6 Å². The van der Waals surface area contributed by atoms with Crippen LogP contribution in [0, 0.1) is 0 Å². The first-order valence-electron chi connectivity index (χ1n) is 4.82. The zero-order valence-corrected chi connectivity index (χ0v) is 7.55. The summed E-state index contributed by atoms with van der Waals surface area (Å²) in [7, 11) is 0. The lowest BCUT2D eigenvalue weighted by Gasteiger charge is -2.34. The molecule has 1 saturated heterocycles. The number of rotatable bonds is 3. The van der Waals surface area contributed by atoms with Crippen molar-refractivity contribution in [3.05, 3.63) is 0 Å². The zero-order valence-electron chi connectivity index (χ0n) is 7.55. The van der Waals surface area contributed by atoms with Crippen LogP contribution in [0.5, 0.6) is 0 Å². The largest absolute Gasteiger partial charge is 0.329 e. The van der Waals surface area contributed by atoms with Gasteiger partial charge in [0.2, 0.25) is 0 Å². The van der Waals surface area contributed by atoms with Crippen molar-refractivity contribution in [2.75, 3.05) is 19.6 Å². The van der Waals surface area contributed by atoms with Crippen LogP contribution in [-0.2, 0) is 0 Å². The quantitative estimate of drug-likeness (QED) is 0.665. The molecule has 66 valence electrons. The zero-order chi connectivity index (χ0) is 8.10. The van der Waals surface area contributed by atoms with Crippen LogP contribution in [0.3, 0.4) is 0 Å². The smallest absolute Gasteiger partial charge is 0.0108 e. The van der Waals surface area contributed by atoms with Gasteiger partial charge in [-0.1, -0.05) is 13.3 Å². The van der Waals surface area contributed by atoms with E-state index in [2.05, 4.69) is 11.8 Å². The molecule has 1 atom stereocenters. The van der Waals surface area contributed by atoms with Crippen LogP contribution < -0.4 is 5.73 Å². The van der Waals surface area contributed by atoms with Crippen LogP contribution >= 0.6 is 0 Å². The summed E-state index contributed by atoms with van der Waals surface area (Å²) in [6, 6.07) is 0.826. The summed E-state index contributed by atoms with van der Waals surface area (Å²) in [5.74, 6) is 0. The molecule has 0 aliphatic carbocycles. The van der Waals surface area contributed by atoms with Gasteiger partial charge in [-0.2, -0.15) is 0 Å². The molecular weight excluding hydrogens is 136 g/mol. The third kappa shape index (κ3) is 2.46. The minimum absolute atomic E-state index is 0.816. The second-order valence-corrected chi connectivity index (χ2v) is 3.38. The van der Waals surface area contributed by atoms with Gasteiger partial charge in [0, 0.05) is 19.1 Å². The molecule has 0 aromatic carbocycles. The monoisotopic (exact) mass is 156 g/mol. The lowest BCUT2D eigenvalue weighted by atomic mass is 10.0. The third-order valence-electron chi connectivity index (χ3n) is 2.64. The summed E-state index contributed by atoms with van der Waals surface area (Å²) >= 11 is 0. The van der Waals surface area contributed by atoms with Gasteiger partial charge in [0.25, 0.3) is 0 Å². The van der Waals surface area contributed by atoms with E-state index in [4.69, 9.17) is 5.73 Å². The molecule has 0 radical (unpaired) electrons. The average molecular weight is 156 g/mol. The first-order valence-corrected chi connectivity index (χ1v) is 4.82. The van der Waals surface area contributed by atoms with Crippen LogP contribution in [0.4, 0.5) is 0 Å². The molecule has 0 spiro atoms. The van der Waals surface area contributed by atoms with E-state index in [0.717, 1.165) is 19.1 Å². The van der Waals surface area contributed by atoms with E-state index in [-0.39, 0.29) is 0 Å². The Kier molecular flexibility index (Phi) is 3.87. The summed E-state index contributed by atoms with van der Waals surface area (Å²) in [6.07, 6.45) is 5.46. The molecular formula is C9H20N2. The predicted octanol–water partition coefficient (Wildman–Crippen LogP) is 1.21.